The van der Waals surface area contributed by atoms with Gasteiger partial charge in [0.1, 0.15) is 0 Å². The van der Waals surface area contributed by atoms with Crippen molar-refractivity contribution in [3.63, 3.8) is 0 Å². The first-order valence-electron chi connectivity index (χ1n) is 10.8. The van der Waals surface area contributed by atoms with E-state index in [9.17, 15) is 13.2 Å². The number of aryl methyl sites for hydroxylation is 1. The van der Waals surface area contributed by atoms with Crippen LogP contribution in [0.5, 0.6) is 0 Å². The van der Waals surface area contributed by atoms with Crippen molar-refractivity contribution < 1.29 is 13.2 Å². The third-order valence-electron chi connectivity index (χ3n) is 5.33. The number of hydrogen-bond donors (Lipinski definition) is 1. The average Bonchev–Trinajstić information content (AvgIpc) is 2.78. The summed E-state index contributed by atoms with van der Waals surface area (Å²) in [6.07, 6.45) is 0.516. The lowest BCUT2D eigenvalue weighted by Crippen LogP contribution is -2.39. The Balaban J connectivity index is 1.77. The highest BCUT2D eigenvalue weighted by molar-refractivity contribution is 7.89. The van der Waals surface area contributed by atoms with E-state index in [1.807, 2.05) is 61.5 Å². The quantitative estimate of drug-likeness (QED) is 0.499. The van der Waals surface area contributed by atoms with Crippen LogP contribution in [0.25, 0.3) is 0 Å². The molecule has 0 radical (unpaired) electrons. The van der Waals surface area contributed by atoms with Gasteiger partial charge in [0.05, 0.1) is 11.4 Å². The van der Waals surface area contributed by atoms with Gasteiger partial charge in [-0.3, -0.25) is 4.79 Å². The number of anilines is 1. The summed E-state index contributed by atoms with van der Waals surface area (Å²) in [4.78, 5) is 13.0. The highest BCUT2D eigenvalue weighted by Crippen LogP contribution is 2.19. The average molecular weight is 451 g/mol. The molecule has 1 amide bonds. The maximum atomic E-state index is 13.3. The fourth-order valence-corrected chi connectivity index (χ4v) is 4.75. The van der Waals surface area contributed by atoms with Crippen molar-refractivity contribution in [3.8, 4) is 0 Å². The van der Waals surface area contributed by atoms with E-state index in [0.717, 1.165) is 11.1 Å². The minimum absolute atomic E-state index is 0.185. The third-order valence-corrected chi connectivity index (χ3v) is 7.19. The Kier molecular flexibility index (Phi) is 7.83. The van der Waals surface area contributed by atoms with Crippen molar-refractivity contribution in [2.24, 2.45) is 0 Å². The van der Waals surface area contributed by atoms with E-state index in [1.54, 1.807) is 24.3 Å². The molecule has 1 N–H and O–H groups in total. The van der Waals surface area contributed by atoms with Crippen molar-refractivity contribution in [1.29, 1.82) is 0 Å². The normalized spacial score (nSPS) is 11.7. The van der Waals surface area contributed by atoms with Crippen LogP contribution < -0.4 is 5.32 Å². The van der Waals surface area contributed by atoms with E-state index in [4.69, 9.17) is 0 Å². The predicted octanol–water partition coefficient (Wildman–Crippen LogP) is 4.99. The summed E-state index contributed by atoms with van der Waals surface area (Å²) < 4.78 is 27.9. The van der Waals surface area contributed by atoms with Gasteiger partial charge < -0.3 is 5.32 Å². The monoisotopic (exact) mass is 450 g/mol. The Morgan fingerprint density at radius 1 is 0.906 bits per heavy atom. The number of rotatable bonds is 9. The van der Waals surface area contributed by atoms with E-state index in [0.29, 0.717) is 18.0 Å². The molecule has 168 valence electrons. The van der Waals surface area contributed by atoms with E-state index in [2.05, 4.69) is 19.2 Å². The summed E-state index contributed by atoms with van der Waals surface area (Å²) in [6, 6.07) is 24.0. The first-order valence-corrected chi connectivity index (χ1v) is 12.2. The number of sulfonamides is 1. The predicted molar refractivity (Wildman–Crippen MR) is 129 cm³/mol. The molecule has 0 aliphatic heterocycles. The first-order chi connectivity index (χ1) is 15.3. The van der Waals surface area contributed by atoms with Gasteiger partial charge in [-0.05, 0) is 54.7 Å². The molecular formula is C26H30N2O3S. The number of benzene rings is 3. The lowest BCUT2D eigenvalue weighted by molar-refractivity contribution is -0.116. The van der Waals surface area contributed by atoms with Gasteiger partial charge in [0, 0.05) is 12.2 Å². The molecule has 0 heterocycles. The molecule has 0 bridgehead atoms. The molecule has 3 aromatic carbocycles. The van der Waals surface area contributed by atoms with Crippen LogP contribution in [0, 0.1) is 6.92 Å². The highest BCUT2D eigenvalue weighted by Gasteiger charge is 2.26. The molecule has 3 rings (SSSR count). The number of carbonyl (C=O) groups excluding carboxylic acids is 1. The molecule has 3 aromatic rings. The molecule has 0 aliphatic rings. The van der Waals surface area contributed by atoms with E-state index in [-0.39, 0.29) is 23.9 Å². The molecule has 0 saturated heterocycles. The zero-order valence-corrected chi connectivity index (χ0v) is 19.6. The fraction of sp³-hybridized carbons (Fsp3) is 0.269. The van der Waals surface area contributed by atoms with Gasteiger partial charge in [-0.15, -0.1) is 0 Å². The minimum Gasteiger partial charge on any atom is -0.325 e. The van der Waals surface area contributed by atoms with Gasteiger partial charge in [0.25, 0.3) is 0 Å². The molecule has 0 fully saturated rings. The van der Waals surface area contributed by atoms with E-state index < -0.39 is 10.0 Å². The number of amides is 1. The number of hydrogen-bond acceptors (Lipinski definition) is 3. The van der Waals surface area contributed by atoms with Crippen LogP contribution in [-0.2, 0) is 21.2 Å². The zero-order valence-electron chi connectivity index (χ0n) is 18.8. The second kappa shape index (κ2) is 10.6. The summed E-state index contributed by atoms with van der Waals surface area (Å²) in [7, 11) is -3.82. The van der Waals surface area contributed by atoms with Crippen molar-refractivity contribution in [1.82, 2.24) is 4.31 Å². The Hall–Kier alpha value is -2.96. The molecule has 0 atom stereocenters. The maximum absolute atomic E-state index is 13.3. The smallest absolute Gasteiger partial charge is 0.243 e. The van der Waals surface area contributed by atoms with Gasteiger partial charge in [0.15, 0.2) is 0 Å². The number of nitrogens with one attached hydrogen (secondary N) is 1. The fourth-order valence-electron chi connectivity index (χ4n) is 3.35. The van der Waals surface area contributed by atoms with Crippen molar-refractivity contribution in [2.75, 3.05) is 18.4 Å². The summed E-state index contributed by atoms with van der Waals surface area (Å²) in [5, 5.41) is 2.82. The van der Waals surface area contributed by atoms with Crippen LogP contribution in [-0.4, -0.2) is 31.7 Å². The standard InChI is InChI=1S/C26H30N2O3S/c1-20(2)23-11-13-24(14-12-23)27-26(29)19-28(18-17-22-7-5-4-6-8-22)32(30,31)25-15-9-21(3)10-16-25/h4-16,20H,17-19H2,1-3H3,(H,27,29). The van der Waals surface area contributed by atoms with Gasteiger partial charge in [-0.2, -0.15) is 4.31 Å². The van der Waals surface area contributed by atoms with E-state index >= 15 is 0 Å². The van der Waals surface area contributed by atoms with Crippen molar-refractivity contribution in [3.05, 3.63) is 95.6 Å². The van der Waals surface area contributed by atoms with Crippen molar-refractivity contribution >= 4 is 21.6 Å². The Labute approximate surface area is 191 Å². The maximum Gasteiger partial charge on any atom is 0.243 e. The number of nitrogens with zero attached hydrogens (tertiary/aromatic N) is 1. The van der Waals surface area contributed by atoms with Gasteiger partial charge in [-0.25, -0.2) is 8.42 Å². The second-order valence-electron chi connectivity index (χ2n) is 8.21. The van der Waals surface area contributed by atoms with Gasteiger partial charge >= 0.3 is 0 Å². The van der Waals surface area contributed by atoms with E-state index in [1.165, 1.54) is 9.87 Å². The summed E-state index contributed by atoms with van der Waals surface area (Å²) in [6.45, 7) is 6.07. The molecule has 6 heteroatoms. The molecular weight excluding hydrogens is 420 g/mol. The summed E-state index contributed by atoms with van der Waals surface area (Å²) in [5.74, 6) is 0.0268. The molecule has 0 unspecified atom stereocenters. The Morgan fingerprint density at radius 3 is 2.12 bits per heavy atom. The van der Waals surface area contributed by atoms with Crippen LogP contribution in [0.2, 0.25) is 0 Å². The van der Waals surface area contributed by atoms with Crippen LogP contribution >= 0.6 is 0 Å². The SMILES string of the molecule is Cc1ccc(S(=O)(=O)N(CCc2ccccc2)CC(=O)Nc2ccc(C(C)C)cc2)cc1. The number of carbonyl (C=O) groups is 1. The van der Waals surface area contributed by atoms with Gasteiger partial charge in [-0.1, -0.05) is 74.0 Å². The first kappa shape index (κ1) is 23.7. The third kappa shape index (κ3) is 6.28. The molecule has 0 aliphatic carbocycles. The molecule has 0 aromatic heterocycles. The van der Waals surface area contributed by atoms with Crippen LogP contribution in [0.1, 0.15) is 36.5 Å². The summed E-state index contributed by atoms with van der Waals surface area (Å²) >= 11 is 0. The topological polar surface area (TPSA) is 66.5 Å². The molecule has 5 nitrogen and oxygen atoms in total. The molecule has 32 heavy (non-hydrogen) atoms. The minimum atomic E-state index is -3.82. The summed E-state index contributed by atoms with van der Waals surface area (Å²) in [5.41, 5.74) is 3.81. The molecule has 0 spiro atoms. The van der Waals surface area contributed by atoms with Gasteiger partial charge in [0.2, 0.25) is 15.9 Å². The lowest BCUT2D eigenvalue weighted by atomic mass is 10.0. The van der Waals surface area contributed by atoms with Crippen LogP contribution in [0.3, 0.4) is 0 Å². The van der Waals surface area contributed by atoms with Crippen molar-refractivity contribution in [2.45, 2.75) is 38.0 Å². The second-order valence-corrected chi connectivity index (χ2v) is 10.2. The zero-order chi connectivity index (χ0) is 23.1. The molecule has 0 saturated carbocycles. The Morgan fingerprint density at radius 2 is 1.53 bits per heavy atom. The highest BCUT2D eigenvalue weighted by atomic mass is 32.2. The lowest BCUT2D eigenvalue weighted by Gasteiger charge is -2.22. The van der Waals surface area contributed by atoms with Crippen LogP contribution in [0.15, 0.2) is 83.8 Å². The Bertz CT molecular complexity index is 1120. The van der Waals surface area contributed by atoms with Crippen LogP contribution in [0.4, 0.5) is 5.69 Å². The largest absolute Gasteiger partial charge is 0.325 e.